The predicted molar refractivity (Wildman–Crippen MR) is 365 cm³/mol. The molecular formula is C73H106F5N11O12. The van der Waals surface area contributed by atoms with E-state index >= 15 is 37.5 Å². The van der Waals surface area contributed by atoms with Crippen molar-refractivity contribution in [3.05, 3.63) is 70.3 Å². The molecule has 3 saturated heterocycles. The molecule has 3 aliphatic heterocycles. The Kier molecular flexibility index (Phi) is 27.5. The number of hydrogen-bond donors (Lipinski definition) is 3. The molecule has 3 N–H and O–H groups in total. The highest BCUT2D eigenvalue weighted by Crippen LogP contribution is 2.39. The molecule has 2 aliphatic carbocycles. The van der Waals surface area contributed by atoms with E-state index in [9.17, 15) is 37.1 Å². The third-order valence-electron chi connectivity index (χ3n) is 21.6. The fraction of sp³-hybridized carbons (Fsp3) is 0.685. The van der Waals surface area contributed by atoms with Gasteiger partial charge in [-0.3, -0.25) is 52.7 Å². The Hall–Kier alpha value is -7.78. The van der Waals surface area contributed by atoms with Gasteiger partial charge in [-0.15, -0.1) is 0 Å². The van der Waals surface area contributed by atoms with Crippen LogP contribution in [-0.2, 0) is 76.5 Å². The number of fused-ring (bicyclic) bond motifs is 2. The smallest absolute Gasteiger partial charge is 0.377 e. The number of amides is 11. The van der Waals surface area contributed by atoms with Crippen LogP contribution < -0.4 is 16.0 Å². The zero-order chi connectivity index (χ0) is 74.9. The first-order chi connectivity index (χ1) is 47.5. The summed E-state index contributed by atoms with van der Waals surface area (Å²) in [5.41, 5.74) is -2.54. The van der Waals surface area contributed by atoms with E-state index in [2.05, 4.69) is 16.0 Å². The van der Waals surface area contributed by atoms with E-state index in [-0.39, 0.29) is 88.6 Å². The van der Waals surface area contributed by atoms with Crippen molar-refractivity contribution in [2.75, 3.05) is 68.0 Å². The van der Waals surface area contributed by atoms with E-state index in [1.807, 2.05) is 39.8 Å². The van der Waals surface area contributed by atoms with E-state index in [4.69, 9.17) is 4.74 Å². The van der Waals surface area contributed by atoms with Crippen molar-refractivity contribution in [2.24, 2.45) is 17.8 Å². The minimum atomic E-state index is -5.40. The Balaban J connectivity index is 1.31. The first kappa shape index (κ1) is 80.5. The maximum absolute atomic E-state index is 15.5. The van der Waals surface area contributed by atoms with Crippen LogP contribution in [0.1, 0.15) is 168 Å². The van der Waals surface area contributed by atoms with Gasteiger partial charge in [0.05, 0.1) is 12.6 Å². The van der Waals surface area contributed by atoms with Gasteiger partial charge in [0.25, 0.3) is 0 Å². The molecule has 11 atom stereocenters. The molecule has 28 heteroatoms. The number of likely N-dealkylation sites (N-methyl/N-ethyl adjacent to an activating group) is 6. The summed E-state index contributed by atoms with van der Waals surface area (Å²) in [5, 5.41) is 8.60. The number of halogens is 5. The van der Waals surface area contributed by atoms with Crippen LogP contribution in [0.25, 0.3) is 0 Å². The maximum Gasteiger partial charge on any atom is 0.422 e. The SMILES string of the molecule is CCO[C@@H]1C[C@H]2C(=O)NC3(CCCC3)C(=O)N(C)[C@@H](C3CCCC3)C(=O)N(C)[C@H](C)CC(=O)N(C)[C@@H](CC(C)C)C(=O)N[C@@H]([C@@H](C)CC)C(=O)N(C)[C@@H](C)C(=O)N3CC[C@H]3C(=O)N(CC)[C@@H](Cc3ccc(C)cc3)C(=O)N(C)CC(=O)N[C@@H](CCc3cc(F)c(C(F)(F)F)c(F)c3)C(=O)N2C1. The molecule has 2 aromatic carbocycles. The summed E-state index contributed by atoms with van der Waals surface area (Å²) in [6.45, 7) is 14.9. The number of nitrogens with one attached hydrogen (secondary N) is 3. The van der Waals surface area contributed by atoms with Crippen molar-refractivity contribution in [3.8, 4) is 0 Å². The summed E-state index contributed by atoms with van der Waals surface area (Å²) in [4.78, 5) is 175. The number of benzene rings is 2. The normalized spacial score (nSPS) is 27.3. The number of rotatable bonds is 13. The molecule has 2 aromatic rings. The molecule has 101 heavy (non-hydrogen) atoms. The molecule has 5 fully saturated rings. The molecular weight excluding hydrogens is 1320 g/mol. The summed E-state index contributed by atoms with van der Waals surface area (Å²) >= 11 is 0. The van der Waals surface area contributed by atoms with Crippen molar-refractivity contribution in [1.82, 2.24) is 55.1 Å². The average Bonchev–Trinajstić information content (AvgIpc) is 1.60. The Morgan fingerprint density at radius 2 is 1.30 bits per heavy atom. The molecule has 23 nitrogen and oxygen atoms in total. The first-order valence-electron chi connectivity index (χ1n) is 35.9. The number of ether oxygens (including phenoxy) is 1. The number of alkyl halides is 3. The lowest BCUT2D eigenvalue weighted by atomic mass is 9.90. The Morgan fingerprint density at radius 1 is 0.673 bits per heavy atom. The molecule has 0 bridgehead atoms. The lowest BCUT2D eigenvalue weighted by Gasteiger charge is -2.45. The topological polar surface area (TPSA) is 259 Å². The van der Waals surface area contributed by atoms with Crippen LogP contribution in [0.15, 0.2) is 36.4 Å². The minimum absolute atomic E-state index is 0.0692. The summed E-state index contributed by atoms with van der Waals surface area (Å²) in [6, 6.07) is -2.71. The van der Waals surface area contributed by atoms with Crippen LogP contribution in [-0.4, -0.2) is 238 Å². The van der Waals surface area contributed by atoms with Crippen LogP contribution in [0.5, 0.6) is 0 Å². The molecule has 3 heterocycles. The van der Waals surface area contributed by atoms with E-state index in [0.29, 0.717) is 49.8 Å². The van der Waals surface area contributed by atoms with Gasteiger partial charge in [0, 0.05) is 86.8 Å². The zero-order valence-electron chi connectivity index (χ0n) is 61.2. The van der Waals surface area contributed by atoms with Crippen molar-refractivity contribution < 1.29 is 79.4 Å². The van der Waals surface area contributed by atoms with Crippen molar-refractivity contribution in [1.29, 1.82) is 0 Å². The van der Waals surface area contributed by atoms with Crippen molar-refractivity contribution in [2.45, 2.75) is 237 Å². The van der Waals surface area contributed by atoms with Gasteiger partial charge in [-0.25, -0.2) is 8.78 Å². The standard InChI is InChI=1S/C73H106F5N11O12/c1-15-44(7)61-69(98)84(12)46(9)65(94)88-33-30-54(88)68(97)87(16-2)57(38-47-26-24-43(6)25-27-47)67(96)82(10)41-58(90)79-53(29-28-48-36-51(74)60(52(75)37-48)73(76,77)78)66(95)89-40-50(101-17-3)39-56(89)64(93)81-72(31-20-21-32-72)71(100)86(14)62(49-22-18-19-23-49)70(99)83(11)45(8)35-59(91)85(13)55(34-42(4)5)63(92)80-61/h24-27,36-37,42,44-46,49-50,53-57,61-62H,15-23,28-35,38-41H2,1-14H3,(H,79,90)(H,80,92)(H,81,93)/t44-,45+,46-,50+,53-,54-,55-,56-,57-,61-,62-/m0/s1. The summed E-state index contributed by atoms with van der Waals surface area (Å²) in [7, 11) is 7.27. The maximum atomic E-state index is 15.5. The van der Waals surface area contributed by atoms with Gasteiger partial charge in [0.15, 0.2) is 0 Å². The highest BCUT2D eigenvalue weighted by Gasteiger charge is 2.53. The fourth-order valence-electron chi connectivity index (χ4n) is 15.0. The third-order valence-corrected chi connectivity index (χ3v) is 21.6. The molecule has 5 aliphatic rings. The minimum Gasteiger partial charge on any atom is -0.377 e. The molecule has 11 amide bonds. The molecule has 0 radical (unpaired) electrons. The van der Waals surface area contributed by atoms with Gasteiger partial charge < -0.3 is 59.9 Å². The summed E-state index contributed by atoms with van der Waals surface area (Å²) in [6.07, 6.45) is -2.90. The largest absolute Gasteiger partial charge is 0.422 e. The lowest BCUT2D eigenvalue weighted by Crippen LogP contribution is -2.65. The molecule has 2 saturated carbocycles. The molecule has 560 valence electrons. The van der Waals surface area contributed by atoms with E-state index in [1.54, 1.807) is 46.9 Å². The van der Waals surface area contributed by atoms with Crippen LogP contribution in [0, 0.1) is 36.3 Å². The number of aryl methyl sites for hydroxylation is 2. The molecule has 1 spiro atoms. The highest BCUT2D eigenvalue weighted by molar-refractivity contribution is 6.00. The predicted octanol–water partition coefficient (Wildman–Crippen LogP) is 6.18. The van der Waals surface area contributed by atoms with Gasteiger partial charge in [0.1, 0.15) is 71.1 Å². The number of carbonyl (C=O) groups excluding carboxylic acids is 11. The second-order valence-corrected chi connectivity index (χ2v) is 29.1. The van der Waals surface area contributed by atoms with E-state index in [1.165, 1.54) is 64.5 Å². The quantitative estimate of drug-likeness (QED) is 0.190. The summed E-state index contributed by atoms with van der Waals surface area (Å²) < 4.78 is 77.8. The van der Waals surface area contributed by atoms with Gasteiger partial charge in [-0.05, 0) is 127 Å². The average molecular weight is 1420 g/mol. The van der Waals surface area contributed by atoms with Gasteiger partial charge >= 0.3 is 6.18 Å². The van der Waals surface area contributed by atoms with Crippen LogP contribution in [0.4, 0.5) is 22.0 Å². The fourth-order valence-corrected chi connectivity index (χ4v) is 15.0. The molecule has 7 rings (SSSR count). The Labute approximate surface area is 590 Å². The van der Waals surface area contributed by atoms with E-state index < -0.39 is 180 Å². The van der Waals surface area contributed by atoms with Gasteiger partial charge in [0.2, 0.25) is 65.0 Å². The van der Waals surface area contributed by atoms with Crippen LogP contribution in [0.3, 0.4) is 0 Å². The monoisotopic (exact) mass is 1420 g/mol. The summed E-state index contributed by atoms with van der Waals surface area (Å²) in [5.74, 6) is -12.1. The van der Waals surface area contributed by atoms with Gasteiger partial charge in [-0.1, -0.05) is 89.6 Å². The molecule has 0 unspecified atom stereocenters. The first-order valence-corrected chi connectivity index (χ1v) is 35.9. The van der Waals surface area contributed by atoms with E-state index in [0.717, 1.165) is 28.2 Å². The van der Waals surface area contributed by atoms with Crippen LogP contribution >= 0.6 is 0 Å². The Bertz CT molecular complexity index is 3320. The lowest BCUT2D eigenvalue weighted by molar-refractivity contribution is -0.160. The zero-order valence-corrected chi connectivity index (χ0v) is 61.2. The van der Waals surface area contributed by atoms with Crippen molar-refractivity contribution in [3.63, 3.8) is 0 Å². The van der Waals surface area contributed by atoms with Gasteiger partial charge in [-0.2, -0.15) is 13.2 Å². The second-order valence-electron chi connectivity index (χ2n) is 29.1. The third kappa shape index (κ3) is 18.7. The molecule has 0 aromatic heterocycles. The Morgan fingerprint density at radius 3 is 1.85 bits per heavy atom. The highest BCUT2D eigenvalue weighted by atomic mass is 19.4. The van der Waals surface area contributed by atoms with Crippen molar-refractivity contribution >= 4 is 65.0 Å². The number of hydrogen-bond acceptors (Lipinski definition) is 12. The number of nitrogens with zero attached hydrogens (tertiary/aromatic N) is 8. The van der Waals surface area contributed by atoms with Crippen LogP contribution in [0.2, 0.25) is 0 Å². The number of carbonyl (C=O) groups is 11. The second kappa shape index (κ2) is 34.5.